The number of carbonyl (C=O) groups is 1. The Kier molecular flexibility index (Phi) is 3.41. The van der Waals surface area contributed by atoms with Gasteiger partial charge in [-0.25, -0.2) is 9.97 Å². The van der Waals surface area contributed by atoms with Crippen LogP contribution in [0.1, 0.15) is 16.1 Å². The first-order valence-electron chi connectivity index (χ1n) is 6.44. The van der Waals surface area contributed by atoms with Crippen molar-refractivity contribution in [1.82, 2.24) is 20.3 Å². The van der Waals surface area contributed by atoms with Gasteiger partial charge in [0.1, 0.15) is 12.0 Å². The largest absolute Gasteiger partial charge is 0.361 e. The molecule has 0 saturated carbocycles. The number of nitrogens with zero attached hydrogens (tertiary/aromatic N) is 2. The third-order valence-electron chi connectivity index (χ3n) is 3.17. The summed E-state index contributed by atoms with van der Waals surface area (Å²) in [6.45, 7) is 0.574. The monoisotopic (exact) mass is 266 g/mol. The molecule has 1 amide bonds. The molecule has 1 aromatic carbocycles. The number of amides is 1. The van der Waals surface area contributed by atoms with E-state index in [2.05, 4.69) is 26.3 Å². The van der Waals surface area contributed by atoms with Crippen LogP contribution in [0.25, 0.3) is 10.9 Å². The number of rotatable bonds is 4. The summed E-state index contributed by atoms with van der Waals surface area (Å²) in [5.41, 5.74) is 2.70. The van der Waals surface area contributed by atoms with E-state index in [4.69, 9.17) is 0 Å². The van der Waals surface area contributed by atoms with E-state index in [-0.39, 0.29) is 5.91 Å². The Bertz CT molecular complexity index is 721. The molecular weight excluding hydrogens is 252 g/mol. The third kappa shape index (κ3) is 2.51. The number of benzene rings is 1. The van der Waals surface area contributed by atoms with Gasteiger partial charge in [-0.15, -0.1) is 0 Å². The molecule has 20 heavy (non-hydrogen) atoms. The lowest BCUT2D eigenvalue weighted by Crippen LogP contribution is -2.26. The molecule has 0 bridgehead atoms. The van der Waals surface area contributed by atoms with Gasteiger partial charge in [-0.1, -0.05) is 18.2 Å². The normalized spacial score (nSPS) is 10.6. The zero-order valence-corrected chi connectivity index (χ0v) is 10.8. The molecule has 0 aliphatic heterocycles. The van der Waals surface area contributed by atoms with Gasteiger partial charge < -0.3 is 10.3 Å². The van der Waals surface area contributed by atoms with E-state index in [0.717, 1.165) is 11.9 Å². The number of aromatic amines is 1. The lowest BCUT2D eigenvalue weighted by atomic mass is 10.1. The number of hydrogen-bond acceptors (Lipinski definition) is 3. The fraction of sp³-hybridized carbons (Fsp3) is 0.133. The first kappa shape index (κ1) is 12.3. The minimum atomic E-state index is -0.174. The van der Waals surface area contributed by atoms with Crippen LogP contribution in [-0.2, 0) is 6.42 Å². The Labute approximate surface area is 116 Å². The highest BCUT2D eigenvalue weighted by atomic mass is 16.1. The Morgan fingerprint density at radius 3 is 3.00 bits per heavy atom. The Hall–Kier alpha value is -2.69. The summed E-state index contributed by atoms with van der Waals surface area (Å²) >= 11 is 0. The van der Waals surface area contributed by atoms with Crippen LogP contribution < -0.4 is 5.32 Å². The molecule has 0 aliphatic carbocycles. The maximum absolute atomic E-state index is 11.8. The summed E-state index contributed by atoms with van der Waals surface area (Å²) in [5, 5.41) is 4.06. The topological polar surface area (TPSA) is 70.7 Å². The second-order valence-corrected chi connectivity index (χ2v) is 4.46. The van der Waals surface area contributed by atoms with Crippen LogP contribution in [-0.4, -0.2) is 27.4 Å². The maximum atomic E-state index is 11.8. The molecule has 3 rings (SSSR count). The second kappa shape index (κ2) is 5.52. The lowest BCUT2D eigenvalue weighted by molar-refractivity contribution is 0.0949. The van der Waals surface area contributed by atoms with E-state index >= 15 is 0 Å². The van der Waals surface area contributed by atoms with Crippen LogP contribution in [0.15, 0.2) is 49.1 Å². The van der Waals surface area contributed by atoms with Crippen molar-refractivity contribution in [2.24, 2.45) is 0 Å². The second-order valence-electron chi connectivity index (χ2n) is 4.46. The van der Waals surface area contributed by atoms with Crippen LogP contribution >= 0.6 is 0 Å². The molecule has 5 heteroatoms. The summed E-state index contributed by atoms with van der Waals surface area (Å²) in [5.74, 6) is -0.174. The minimum Gasteiger partial charge on any atom is -0.361 e. The van der Waals surface area contributed by atoms with Crippen molar-refractivity contribution in [1.29, 1.82) is 0 Å². The van der Waals surface area contributed by atoms with Crippen molar-refractivity contribution in [2.75, 3.05) is 6.54 Å². The van der Waals surface area contributed by atoms with Crippen molar-refractivity contribution in [3.63, 3.8) is 0 Å². The van der Waals surface area contributed by atoms with E-state index in [1.807, 2.05) is 24.4 Å². The van der Waals surface area contributed by atoms with Gasteiger partial charge in [0.15, 0.2) is 0 Å². The average molecular weight is 266 g/mol. The molecule has 3 aromatic rings. The van der Waals surface area contributed by atoms with E-state index in [0.29, 0.717) is 12.2 Å². The van der Waals surface area contributed by atoms with Crippen molar-refractivity contribution < 1.29 is 4.79 Å². The van der Waals surface area contributed by atoms with Gasteiger partial charge in [0.25, 0.3) is 5.91 Å². The van der Waals surface area contributed by atoms with E-state index in [1.54, 1.807) is 12.3 Å². The molecular formula is C15H14N4O. The van der Waals surface area contributed by atoms with E-state index < -0.39 is 0 Å². The zero-order valence-electron chi connectivity index (χ0n) is 10.8. The van der Waals surface area contributed by atoms with Crippen LogP contribution in [0, 0.1) is 0 Å². The number of carbonyl (C=O) groups excluding carboxylic acids is 1. The third-order valence-corrected chi connectivity index (χ3v) is 3.17. The SMILES string of the molecule is O=C(NCCc1c[nH]c2ccccc12)c1ccncn1. The molecule has 0 saturated heterocycles. The van der Waals surface area contributed by atoms with Gasteiger partial charge in [-0.2, -0.15) is 0 Å². The van der Waals surface area contributed by atoms with Gasteiger partial charge in [0.2, 0.25) is 0 Å². The van der Waals surface area contributed by atoms with Crippen LogP contribution in [0.2, 0.25) is 0 Å². The van der Waals surface area contributed by atoms with Gasteiger partial charge >= 0.3 is 0 Å². The van der Waals surface area contributed by atoms with Crippen molar-refractivity contribution in [2.45, 2.75) is 6.42 Å². The fourth-order valence-electron chi connectivity index (χ4n) is 2.16. The molecule has 2 N–H and O–H groups in total. The molecule has 2 aromatic heterocycles. The quantitative estimate of drug-likeness (QED) is 0.758. The molecule has 5 nitrogen and oxygen atoms in total. The number of aromatic nitrogens is 3. The molecule has 0 fully saturated rings. The van der Waals surface area contributed by atoms with Gasteiger partial charge in [-0.3, -0.25) is 4.79 Å². The first-order chi connectivity index (χ1) is 9.84. The summed E-state index contributed by atoms with van der Waals surface area (Å²) in [6, 6.07) is 9.73. The summed E-state index contributed by atoms with van der Waals surface area (Å²) in [6.07, 6.45) is 5.69. The average Bonchev–Trinajstić information content (AvgIpc) is 2.92. The predicted molar refractivity (Wildman–Crippen MR) is 76.4 cm³/mol. The fourth-order valence-corrected chi connectivity index (χ4v) is 2.16. The number of para-hydroxylation sites is 1. The number of nitrogens with one attached hydrogen (secondary N) is 2. The molecule has 0 atom stereocenters. The van der Waals surface area contributed by atoms with Crippen LogP contribution in [0.5, 0.6) is 0 Å². The summed E-state index contributed by atoms with van der Waals surface area (Å²) in [4.78, 5) is 22.8. The Balaban J connectivity index is 1.62. The highest BCUT2D eigenvalue weighted by Crippen LogP contribution is 2.17. The standard InChI is InChI=1S/C15H14N4O/c20-15(14-6-7-16-10-19-14)17-8-5-11-9-18-13-4-2-1-3-12(11)13/h1-4,6-7,9-10,18H,5,8H2,(H,17,20). The van der Waals surface area contributed by atoms with Crippen molar-refractivity contribution in [3.8, 4) is 0 Å². The molecule has 0 spiro atoms. The molecule has 0 unspecified atom stereocenters. The van der Waals surface area contributed by atoms with Gasteiger partial charge in [0, 0.05) is 29.8 Å². The van der Waals surface area contributed by atoms with E-state index in [9.17, 15) is 4.79 Å². The van der Waals surface area contributed by atoms with E-state index in [1.165, 1.54) is 17.3 Å². The summed E-state index contributed by atoms with van der Waals surface area (Å²) in [7, 11) is 0. The smallest absolute Gasteiger partial charge is 0.270 e. The lowest BCUT2D eigenvalue weighted by Gasteiger charge is -2.03. The zero-order chi connectivity index (χ0) is 13.8. The van der Waals surface area contributed by atoms with Gasteiger partial charge in [0.05, 0.1) is 0 Å². The highest BCUT2D eigenvalue weighted by molar-refractivity contribution is 5.92. The maximum Gasteiger partial charge on any atom is 0.270 e. The van der Waals surface area contributed by atoms with Crippen molar-refractivity contribution >= 4 is 16.8 Å². The van der Waals surface area contributed by atoms with Gasteiger partial charge in [-0.05, 0) is 24.1 Å². The number of H-pyrrole nitrogens is 1. The Morgan fingerprint density at radius 2 is 2.15 bits per heavy atom. The highest BCUT2D eigenvalue weighted by Gasteiger charge is 2.07. The molecule has 100 valence electrons. The minimum absolute atomic E-state index is 0.174. The molecule has 2 heterocycles. The number of hydrogen-bond donors (Lipinski definition) is 2. The first-order valence-corrected chi connectivity index (χ1v) is 6.44. The summed E-state index contributed by atoms with van der Waals surface area (Å²) < 4.78 is 0. The van der Waals surface area contributed by atoms with Crippen LogP contribution in [0.4, 0.5) is 0 Å². The Morgan fingerprint density at radius 1 is 1.25 bits per heavy atom. The van der Waals surface area contributed by atoms with Crippen molar-refractivity contribution in [3.05, 3.63) is 60.3 Å². The molecule has 0 aliphatic rings. The molecule has 0 radical (unpaired) electrons. The van der Waals surface area contributed by atoms with Crippen LogP contribution in [0.3, 0.4) is 0 Å². The predicted octanol–water partition coefficient (Wildman–Crippen LogP) is 1.93. The number of fused-ring (bicyclic) bond motifs is 1.